The van der Waals surface area contributed by atoms with E-state index in [9.17, 15) is 5.11 Å². The van der Waals surface area contributed by atoms with Gasteiger partial charge in [0.2, 0.25) is 0 Å². The fraction of sp³-hybridized carbons (Fsp3) is 0.263. The summed E-state index contributed by atoms with van der Waals surface area (Å²) in [6.45, 7) is 6.68. The van der Waals surface area contributed by atoms with Crippen LogP contribution in [-0.2, 0) is 6.54 Å². The summed E-state index contributed by atoms with van der Waals surface area (Å²) in [6.07, 6.45) is 2.01. The largest absolute Gasteiger partial charge is 0.388 e. The maximum Gasteiger partial charge on any atom is 0.0808 e. The molecule has 0 amide bonds. The zero-order valence-corrected chi connectivity index (χ0v) is 12.5. The second-order valence-electron chi connectivity index (χ2n) is 5.37. The zero-order chi connectivity index (χ0) is 15.1. The van der Waals surface area contributed by atoms with E-state index in [-0.39, 0.29) is 6.04 Å². The Morgan fingerprint density at radius 3 is 2.38 bits per heavy atom. The van der Waals surface area contributed by atoms with Gasteiger partial charge in [0.15, 0.2) is 0 Å². The van der Waals surface area contributed by atoms with E-state index < -0.39 is 6.10 Å². The molecule has 2 N–H and O–H groups in total. The van der Waals surface area contributed by atoms with E-state index in [1.165, 1.54) is 11.1 Å². The second kappa shape index (κ2) is 7.77. The Labute approximate surface area is 127 Å². The molecular weight excluding hydrogens is 258 g/mol. The van der Waals surface area contributed by atoms with Crippen LogP contribution in [0.2, 0.25) is 0 Å². The third-order valence-corrected chi connectivity index (χ3v) is 3.64. The van der Waals surface area contributed by atoms with Crippen molar-refractivity contribution in [3.05, 3.63) is 83.9 Å². The molecule has 21 heavy (non-hydrogen) atoms. The van der Waals surface area contributed by atoms with Crippen molar-refractivity contribution < 1.29 is 5.11 Å². The van der Waals surface area contributed by atoms with Crippen LogP contribution in [0.4, 0.5) is 0 Å². The molecule has 0 aliphatic heterocycles. The summed E-state index contributed by atoms with van der Waals surface area (Å²) >= 11 is 0. The average molecular weight is 281 g/mol. The lowest BCUT2D eigenvalue weighted by molar-refractivity contribution is 0.158. The molecule has 110 valence electrons. The van der Waals surface area contributed by atoms with E-state index in [0.29, 0.717) is 6.42 Å². The van der Waals surface area contributed by atoms with Crippen LogP contribution in [-0.4, -0.2) is 11.1 Å². The van der Waals surface area contributed by atoms with Crippen molar-refractivity contribution >= 4 is 0 Å². The summed E-state index contributed by atoms with van der Waals surface area (Å²) in [6, 6.07) is 18.3. The molecule has 0 aliphatic carbocycles. The molecule has 2 rings (SSSR count). The number of rotatable bonds is 7. The van der Waals surface area contributed by atoms with Gasteiger partial charge in [0.05, 0.1) is 6.10 Å². The third kappa shape index (κ3) is 4.85. The van der Waals surface area contributed by atoms with Gasteiger partial charge < -0.3 is 10.4 Å². The molecular formula is C19H23NO. The van der Waals surface area contributed by atoms with E-state index in [0.717, 1.165) is 12.1 Å². The molecule has 0 spiro atoms. The van der Waals surface area contributed by atoms with Gasteiger partial charge in [-0.25, -0.2) is 0 Å². The highest BCUT2D eigenvalue weighted by Crippen LogP contribution is 2.19. The summed E-state index contributed by atoms with van der Waals surface area (Å²) in [4.78, 5) is 0. The highest BCUT2D eigenvalue weighted by Gasteiger charge is 2.13. The zero-order valence-electron chi connectivity index (χ0n) is 12.5. The minimum atomic E-state index is -0.475. The van der Waals surface area contributed by atoms with Crippen LogP contribution < -0.4 is 5.32 Å². The number of hydrogen-bond acceptors (Lipinski definition) is 2. The SMILES string of the molecule is C=C[C@@H](C[C@H](O)c1ccc(C)cc1)NCc1ccccc1. The van der Waals surface area contributed by atoms with Gasteiger partial charge in [0.1, 0.15) is 0 Å². The third-order valence-electron chi connectivity index (χ3n) is 3.64. The Balaban J connectivity index is 1.89. The van der Waals surface area contributed by atoms with Crippen LogP contribution >= 0.6 is 0 Å². The molecule has 2 atom stereocenters. The molecule has 0 heterocycles. The Kier molecular flexibility index (Phi) is 5.73. The predicted octanol–water partition coefficient (Wildman–Crippen LogP) is 3.76. The summed E-state index contributed by atoms with van der Waals surface area (Å²) in [5.41, 5.74) is 3.39. The van der Waals surface area contributed by atoms with E-state index in [1.54, 1.807) is 0 Å². The minimum Gasteiger partial charge on any atom is -0.388 e. The van der Waals surface area contributed by atoms with E-state index in [1.807, 2.05) is 55.5 Å². The highest BCUT2D eigenvalue weighted by molar-refractivity contribution is 5.23. The molecule has 0 radical (unpaired) electrons. The fourth-order valence-electron chi connectivity index (χ4n) is 2.27. The first-order valence-electron chi connectivity index (χ1n) is 7.33. The fourth-order valence-corrected chi connectivity index (χ4v) is 2.27. The average Bonchev–Trinajstić information content (AvgIpc) is 2.53. The van der Waals surface area contributed by atoms with Crippen molar-refractivity contribution in [3.8, 4) is 0 Å². The van der Waals surface area contributed by atoms with Crippen molar-refractivity contribution in [2.45, 2.75) is 32.0 Å². The Hall–Kier alpha value is -1.90. The molecule has 0 bridgehead atoms. The maximum absolute atomic E-state index is 10.3. The van der Waals surface area contributed by atoms with Crippen molar-refractivity contribution in [1.82, 2.24) is 5.32 Å². The van der Waals surface area contributed by atoms with Crippen molar-refractivity contribution in [1.29, 1.82) is 0 Å². The molecule has 0 saturated carbocycles. The molecule has 2 aromatic rings. The van der Waals surface area contributed by atoms with Crippen LogP contribution in [0.1, 0.15) is 29.2 Å². The Morgan fingerprint density at radius 2 is 1.76 bits per heavy atom. The van der Waals surface area contributed by atoms with Crippen LogP contribution in [0.25, 0.3) is 0 Å². The normalized spacial score (nSPS) is 13.6. The molecule has 0 unspecified atom stereocenters. The number of aliphatic hydroxyl groups is 1. The van der Waals surface area contributed by atoms with Crippen LogP contribution in [0, 0.1) is 6.92 Å². The molecule has 0 aromatic heterocycles. The first-order valence-corrected chi connectivity index (χ1v) is 7.33. The smallest absolute Gasteiger partial charge is 0.0808 e. The number of aliphatic hydroxyl groups excluding tert-OH is 1. The monoisotopic (exact) mass is 281 g/mol. The van der Waals surface area contributed by atoms with Gasteiger partial charge in [-0.1, -0.05) is 66.2 Å². The predicted molar refractivity (Wildman–Crippen MR) is 88.0 cm³/mol. The number of nitrogens with one attached hydrogen (secondary N) is 1. The lowest BCUT2D eigenvalue weighted by Crippen LogP contribution is -2.28. The van der Waals surface area contributed by atoms with E-state index >= 15 is 0 Å². The van der Waals surface area contributed by atoms with Crippen LogP contribution in [0.3, 0.4) is 0 Å². The van der Waals surface area contributed by atoms with Gasteiger partial charge in [-0.2, -0.15) is 0 Å². The number of benzene rings is 2. The molecule has 2 aromatic carbocycles. The maximum atomic E-state index is 10.3. The highest BCUT2D eigenvalue weighted by atomic mass is 16.3. The van der Waals surface area contributed by atoms with Crippen molar-refractivity contribution in [2.75, 3.05) is 0 Å². The van der Waals surface area contributed by atoms with Gasteiger partial charge in [0, 0.05) is 12.6 Å². The van der Waals surface area contributed by atoms with Gasteiger partial charge in [0.25, 0.3) is 0 Å². The molecule has 2 nitrogen and oxygen atoms in total. The topological polar surface area (TPSA) is 32.3 Å². The van der Waals surface area contributed by atoms with Crippen molar-refractivity contribution in [3.63, 3.8) is 0 Å². The Bertz CT molecular complexity index is 548. The summed E-state index contributed by atoms with van der Waals surface area (Å²) in [5, 5.41) is 13.7. The first-order chi connectivity index (χ1) is 10.2. The molecule has 0 aliphatic rings. The molecule has 2 heteroatoms. The van der Waals surface area contributed by atoms with Crippen molar-refractivity contribution in [2.24, 2.45) is 0 Å². The lowest BCUT2D eigenvalue weighted by Gasteiger charge is -2.19. The van der Waals surface area contributed by atoms with Crippen LogP contribution in [0.15, 0.2) is 67.3 Å². The van der Waals surface area contributed by atoms with Gasteiger partial charge in [-0.15, -0.1) is 6.58 Å². The summed E-state index contributed by atoms with van der Waals surface area (Å²) in [7, 11) is 0. The standard InChI is InChI=1S/C19H23NO/c1-3-18(20-14-16-7-5-4-6-8-16)13-19(21)17-11-9-15(2)10-12-17/h3-12,18-21H,1,13-14H2,2H3/t18-,19-/m0/s1. The van der Waals surface area contributed by atoms with E-state index in [4.69, 9.17) is 0 Å². The van der Waals surface area contributed by atoms with Gasteiger partial charge in [-0.3, -0.25) is 0 Å². The summed E-state index contributed by atoms with van der Waals surface area (Å²) < 4.78 is 0. The number of aryl methyl sites for hydroxylation is 1. The second-order valence-corrected chi connectivity index (χ2v) is 5.37. The summed E-state index contributed by atoms with van der Waals surface area (Å²) in [5.74, 6) is 0. The van der Waals surface area contributed by atoms with Gasteiger partial charge in [-0.05, 0) is 24.5 Å². The number of hydrogen-bond donors (Lipinski definition) is 2. The van der Waals surface area contributed by atoms with Crippen LogP contribution in [0.5, 0.6) is 0 Å². The molecule has 0 saturated heterocycles. The minimum absolute atomic E-state index is 0.0847. The van der Waals surface area contributed by atoms with E-state index in [2.05, 4.69) is 24.0 Å². The van der Waals surface area contributed by atoms with Gasteiger partial charge >= 0.3 is 0 Å². The lowest BCUT2D eigenvalue weighted by atomic mass is 10.0. The Morgan fingerprint density at radius 1 is 1.10 bits per heavy atom. The first kappa shape index (κ1) is 15.5. The quantitative estimate of drug-likeness (QED) is 0.757. The molecule has 0 fully saturated rings.